The van der Waals surface area contributed by atoms with Crippen LogP contribution in [0.15, 0.2) is 47.4 Å². The minimum absolute atomic E-state index is 0.0760. The fraction of sp³-hybridized carbons (Fsp3) is 0.263. The number of nitrogens with one attached hydrogen (secondary N) is 1. The van der Waals surface area contributed by atoms with Gasteiger partial charge in [-0.15, -0.1) is 11.8 Å². The minimum atomic E-state index is -0.488. The molecule has 0 spiro atoms. The summed E-state index contributed by atoms with van der Waals surface area (Å²) in [4.78, 5) is 37.4. The number of hydrogen-bond donors (Lipinski definition) is 2. The summed E-state index contributed by atoms with van der Waals surface area (Å²) in [7, 11) is 0. The Morgan fingerprint density at radius 3 is 2.62 bits per heavy atom. The van der Waals surface area contributed by atoms with Gasteiger partial charge in [-0.1, -0.05) is 12.1 Å². The Morgan fingerprint density at radius 2 is 1.93 bits per heavy atom. The number of carbonyl (C=O) groups excluding carboxylic acids is 2. The number of anilines is 2. The lowest BCUT2D eigenvalue weighted by Gasteiger charge is -2.28. The van der Waals surface area contributed by atoms with Crippen LogP contribution in [0.5, 0.6) is 0 Å². The smallest absolute Gasteiger partial charge is 0.293 e. The van der Waals surface area contributed by atoms with Gasteiger partial charge in [0.1, 0.15) is 5.69 Å². The molecular formula is C19H20N4O5S. The standard InChI is InChI=1S/C19H20N4O5S/c20-18(24)12-29-17-4-2-1-3-14(17)21-19(25)13-5-6-15(16(11-13)23(26)27)22-7-9-28-10-8-22/h1-6,11H,7-10,12H2,(H2,20,24)(H,21,25). The monoisotopic (exact) mass is 416 g/mol. The van der Waals surface area contributed by atoms with Crippen LogP contribution in [0.2, 0.25) is 0 Å². The van der Waals surface area contributed by atoms with Crippen molar-refractivity contribution in [2.75, 3.05) is 42.3 Å². The molecule has 0 aromatic heterocycles. The molecular weight excluding hydrogens is 396 g/mol. The van der Waals surface area contributed by atoms with Crippen molar-refractivity contribution in [3.05, 3.63) is 58.1 Å². The van der Waals surface area contributed by atoms with E-state index in [1.165, 1.54) is 17.8 Å². The number of morpholine rings is 1. The highest BCUT2D eigenvalue weighted by atomic mass is 32.2. The molecule has 2 aromatic carbocycles. The summed E-state index contributed by atoms with van der Waals surface area (Å²) in [5, 5.41) is 14.3. The number of ether oxygens (including phenoxy) is 1. The van der Waals surface area contributed by atoms with Crippen molar-refractivity contribution in [2.45, 2.75) is 4.90 Å². The number of nitrogens with zero attached hydrogens (tertiary/aromatic N) is 2. The van der Waals surface area contributed by atoms with Gasteiger partial charge in [-0.2, -0.15) is 0 Å². The summed E-state index contributed by atoms with van der Waals surface area (Å²) in [6.45, 7) is 2.10. The third-order valence-electron chi connectivity index (χ3n) is 4.29. The van der Waals surface area contributed by atoms with Gasteiger partial charge in [-0.3, -0.25) is 19.7 Å². The largest absolute Gasteiger partial charge is 0.378 e. The maximum absolute atomic E-state index is 12.7. The van der Waals surface area contributed by atoms with Crippen LogP contribution in [0.3, 0.4) is 0 Å². The normalized spacial score (nSPS) is 13.7. The Labute approximate surface area is 171 Å². The Hall–Kier alpha value is -3.11. The van der Waals surface area contributed by atoms with Crippen molar-refractivity contribution in [1.82, 2.24) is 0 Å². The molecule has 10 heteroatoms. The second-order valence-corrected chi connectivity index (χ2v) is 7.28. The first-order chi connectivity index (χ1) is 14.0. The van der Waals surface area contributed by atoms with Crippen LogP contribution in [0.25, 0.3) is 0 Å². The summed E-state index contributed by atoms with van der Waals surface area (Å²) in [6.07, 6.45) is 0. The molecule has 1 saturated heterocycles. The predicted molar refractivity (Wildman–Crippen MR) is 110 cm³/mol. The zero-order valence-corrected chi connectivity index (χ0v) is 16.3. The Balaban J connectivity index is 1.82. The molecule has 152 valence electrons. The Morgan fingerprint density at radius 1 is 1.21 bits per heavy atom. The second kappa shape index (κ2) is 9.39. The second-order valence-electron chi connectivity index (χ2n) is 6.27. The summed E-state index contributed by atoms with van der Waals surface area (Å²) >= 11 is 1.21. The van der Waals surface area contributed by atoms with Crippen LogP contribution in [-0.4, -0.2) is 48.8 Å². The Kier molecular flexibility index (Phi) is 6.68. The van der Waals surface area contributed by atoms with E-state index < -0.39 is 16.7 Å². The number of primary amides is 1. The molecule has 2 amide bonds. The molecule has 0 radical (unpaired) electrons. The minimum Gasteiger partial charge on any atom is -0.378 e. The zero-order chi connectivity index (χ0) is 20.8. The van der Waals surface area contributed by atoms with Crippen molar-refractivity contribution in [3.8, 4) is 0 Å². The number of thioether (sulfide) groups is 1. The number of nitro benzene ring substituents is 1. The van der Waals surface area contributed by atoms with Crippen molar-refractivity contribution < 1.29 is 19.2 Å². The van der Waals surface area contributed by atoms with Gasteiger partial charge < -0.3 is 20.7 Å². The molecule has 0 bridgehead atoms. The molecule has 1 fully saturated rings. The predicted octanol–water partition coefficient (Wildman–Crippen LogP) is 2.26. The molecule has 3 rings (SSSR count). The lowest BCUT2D eigenvalue weighted by Crippen LogP contribution is -2.36. The molecule has 9 nitrogen and oxygen atoms in total. The van der Waals surface area contributed by atoms with Gasteiger partial charge in [-0.05, 0) is 24.3 Å². The van der Waals surface area contributed by atoms with Crippen LogP contribution in [0.1, 0.15) is 10.4 Å². The number of hydrogen-bond acceptors (Lipinski definition) is 7. The number of nitrogens with two attached hydrogens (primary N) is 1. The van der Waals surface area contributed by atoms with Gasteiger partial charge in [0.15, 0.2) is 0 Å². The molecule has 0 atom stereocenters. The lowest BCUT2D eigenvalue weighted by molar-refractivity contribution is -0.384. The van der Waals surface area contributed by atoms with Crippen molar-refractivity contribution in [1.29, 1.82) is 0 Å². The van der Waals surface area contributed by atoms with Gasteiger partial charge in [0.05, 0.1) is 29.6 Å². The summed E-state index contributed by atoms with van der Waals surface area (Å²) in [5.41, 5.74) is 6.19. The van der Waals surface area contributed by atoms with E-state index in [0.717, 1.165) is 0 Å². The van der Waals surface area contributed by atoms with Crippen LogP contribution in [0.4, 0.5) is 17.1 Å². The maximum Gasteiger partial charge on any atom is 0.293 e. The molecule has 0 aliphatic carbocycles. The van der Waals surface area contributed by atoms with E-state index in [0.29, 0.717) is 42.6 Å². The first-order valence-corrected chi connectivity index (χ1v) is 9.87. The van der Waals surface area contributed by atoms with Crippen LogP contribution in [0, 0.1) is 10.1 Å². The van der Waals surface area contributed by atoms with Gasteiger partial charge >= 0.3 is 0 Å². The first-order valence-electron chi connectivity index (χ1n) is 8.88. The van der Waals surface area contributed by atoms with E-state index in [9.17, 15) is 19.7 Å². The summed E-state index contributed by atoms with van der Waals surface area (Å²) in [6, 6.07) is 11.4. The molecule has 3 N–H and O–H groups in total. The van der Waals surface area contributed by atoms with E-state index in [-0.39, 0.29) is 17.0 Å². The quantitative estimate of drug-likeness (QED) is 0.402. The molecule has 1 aliphatic rings. The third kappa shape index (κ3) is 5.24. The van der Waals surface area contributed by atoms with E-state index in [1.807, 2.05) is 4.90 Å². The van der Waals surface area contributed by atoms with E-state index in [2.05, 4.69) is 5.32 Å². The first kappa shape index (κ1) is 20.6. The molecule has 29 heavy (non-hydrogen) atoms. The number of carbonyl (C=O) groups is 2. The summed E-state index contributed by atoms with van der Waals surface area (Å²) in [5.74, 6) is -0.869. The average Bonchev–Trinajstić information content (AvgIpc) is 2.73. The highest BCUT2D eigenvalue weighted by molar-refractivity contribution is 8.00. The topological polar surface area (TPSA) is 128 Å². The van der Waals surface area contributed by atoms with E-state index in [4.69, 9.17) is 10.5 Å². The fourth-order valence-electron chi connectivity index (χ4n) is 2.92. The molecule has 2 aromatic rings. The van der Waals surface area contributed by atoms with Crippen molar-refractivity contribution >= 4 is 40.6 Å². The number of rotatable bonds is 7. The molecule has 1 aliphatic heterocycles. The average molecular weight is 416 g/mol. The van der Waals surface area contributed by atoms with Gasteiger partial charge in [0.25, 0.3) is 11.6 Å². The zero-order valence-electron chi connectivity index (χ0n) is 15.5. The van der Waals surface area contributed by atoms with E-state index >= 15 is 0 Å². The maximum atomic E-state index is 12.7. The fourth-order valence-corrected chi connectivity index (χ4v) is 3.67. The molecule has 1 heterocycles. The SMILES string of the molecule is NC(=O)CSc1ccccc1NC(=O)c1ccc(N2CCOCC2)c([N+](=O)[O-])c1. The van der Waals surface area contributed by atoms with E-state index in [1.54, 1.807) is 36.4 Å². The number of benzene rings is 2. The highest BCUT2D eigenvalue weighted by Gasteiger charge is 2.23. The van der Waals surface area contributed by atoms with Crippen LogP contribution in [-0.2, 0) is 9.53 Å². The van der Waals surface area contributed by atoms with Crippen LogP contribution < -0.4 is 16.0 Å². The highest BCUT2D eigenvalue weighted by Crippen LogP contribution is 2.31. The van der Waals surface area contributed by atoms with Crippen molar-refractivity contribution in [2.24, 2.45) is 5.73 Å². The Bertz CT molecular complexity index is 931. The number of amides is 2. The van der Waals surface area contributed by atoms with Crippen molar-refractivity contribution in [3.63, 3.8) is 0 Å². The molecule has 0 saturated carbocycles. The van der Waals surface area contributed by atoms with Crippen LogP contribution >= 0.6 is 11.8 Å². The number of para-hydroxylation sites is 1. The summed E-state index contributed by atoms with van der Waals surface area (Å²) < 4.78 is 5.29. The van der Waals surface area contributed by atoms with Gasteiger partial charge in [0, 0.05) is 29.6 Å². The molecule has 0 unspecified atom stereocenters. The third-order valence-corrected chi connectivity index (χ3v) is 5.39. The van der Waals surface area contributed by atoms with Gasteiger partial charge in [-0.25, -0.2) is 0 Å². The number of nitro groups is 1. The lowest BCUT2D eigenvalue weighted by atomic mass is 10.1. The van der Waals surface area contributed by atoms with Gasteiger partial charge in [0.2, 0.25) is 5.91 Å².